The summed E-state index contributed by atoms with van der Waals surface area (Å²) in [7, 11) is 1.37. The predicted octanol–water partition coefficient (Wildman–Crippen LogP) is 1.36. The first kappa shape index (κ1) is 10.5. The molecule has 1 N–H and O–H groups in total. The third-order valence-electron chi connectivity index (χ3n) is 1.81. The third-order valence-corrected chi connectivity index (χ3v) is 1.81. The molecule has 14 heavy (non-hydrogen) atoms. The van der Waals surface area contributed by atoms with Crippen molar-refractivity contribution >= 4 is 11.8 Å². The molecule has 76 valence electrons. The fourth-order valence-electron chi connectivity index (χ4n) is 1.08. The van der Waals surface area contributed by atoms with E-state index in [4.69, 9.17) is 0 Å². The first-order valence-electron chi connectivity index (χ1n) is 4.41. The van der Waals surface area contributed by atoms with Crippen molar-refractivity contribution in [3.8, 4) is 0 Å². The molecule has 0 radical (unpaired) electrons. The van der Waals surface area contributed by atoms with Crippen molar-refractivity contribution < 1.29 is 9.53 Å². The number of aromatic nitrogens is 1. The summed E-state index contributed by atoms with van der Waals surface area (Å²) in [6.07, 6.45) is 0. The number of aryl methyl sites for hydroxylation is 1. The third kappa shape index (κ3) is 2.73. The van der Waals surface area contributed by atoms with Crippen LogP contribution in [0.25, 0.3) is 0 Å². The van der Waals surface area contributed by atoms with Crippen molar-refractivity contribution in [2.45, 2.75) is 19.9 Å². The highest BCUT2D eigenvalue weighted by atomic mass is 16.5. The van der Waals surface area contributed by atoms with Gasteiger partial charge in [-0.3, -0.25) is 0 Å². The van der Waals surface area contributed by atoms with Crippen LogP contribution in [0, 0.1) is 6.92 Å². The van der Waals surface area contributed by atoms with Crippen LogP contribution in [0.15, 0.2) is 18.2 Å². The first-order chi connectivity index (χ1) is 6.63. The Morgan fingerprint density at radius 1 is 1.57 bits per heavy atom. The summed E-state index contributed by atoms with van der Waals surface area (Å²) in [6, 6.07) is 5.21. The van der Waals surface area contributed by atoms with E-state index in [9.17, 15) is 4.79 Å². The molecule has 1 aromatic rings. The number of methoxy groups -OCH3 is 1. The topological polar surface area (TPSA) is 51.2 Å². The van der Waals surface area contributed by atoms with Gasteiger partial charge in [-0.25, -0.2) is 9.78 Å². The second-order valence-electron chi connectivity index (χ2n) is 3.05. The molecule has 0 aromatic carbocycles. The minimum Gasteiger partial charge on any atom is -0.467 e. The lowest BCUT2D eigenvalue weighted by Gasteiger charge is -2.11. The normalized spacial score (nSPS) is 11.9. The number of rotatable bonds is 3. The first-order valence-corrected chi connectivity index (χ1v) is 4.41. The van der Waals surface area contributed by atoms with Crippen LogP contribution in [0.2, 0.25) is 0 Å². The van der Waals surface area contributed by atoms with Gasteiger partial charge in [0, 0.05) is 5.69 Å². The average Bonchev–Trinajstić information content (AvgIpc) is 2.16. The zero-order chi connectivity index (χ0) is 10.6. The van der Waals surface area contributed by atoms with Gasteiger partial charge in [-0.05, 0) is 26.0 Å². The van der Waals surface area contributed by atoms with E-state index in [1.807, 2.05) is 25.1 Å². The monoisotopic (exact) mass is 194 g/mol. The lowest BCUT2D eigenvalue weighted by Crippen LogP contribution is -2.27. The Labute approximate surface area is 83.3 Å². The van der Waals surface area contributed by atoms with E-state index < -0.39 is 0 Å². The minimum atomic E-state index is -0.380. The summed E-state index contributed by atoms with van der Waals surface area (Å²) in [5, 5.41) is 2.95. The molecule has 1 unspecified atom stereocenters. The van der Waals surface area contributed by atoms with Gasteiger partial charge in [0.1, 0.15) is 11.9 Å². The second-order valence-corrected chi connectivity index (χ2v) is 3.05. The molecule has 1 aromatic heterocycles. The summed E-state index contributed by atoms with van der Waals surface area (Å²) >= 11 is 0. The van der Waals surface area contributed by atoms with Crippen molar-refractivity contribution in [3.63, 3.8) is 0 Å². The van der Waals surface area contributed by atoms with Gasteiger partial charge in [-0.2, -0.15) is 0 Å². The van der Waals surface area contributed by atoms with Gasteiger partial charge in [0.25, 0.3) is 0 Å². The quantitative estimate of drug-likeness (QED) is 0.738. The largest absolute Gasteiger partial charge is 0.467 e. The Morgan fingerprint density at radius 2 is 2.29 bits per heavy atom. The molecule has 4 nitrogen and oxygen atoms in total. The maximum absolute atomic E-state index is 11.1. The number of nitrogens with zero attached hydrogens (tertiary/aromatic N) is 1. The lowest BCUT2D eigenvalue weighted by atomic mass is 10.3. The Balaban J connectivity index is 2.64. The molecule has 0 saturated heterocycles. The number of carbonyl (C=O) groups excluding carboxylic acids is 1. The van der Waals surface area contributed by atoms with Crippen LogP contribution >= 0.6 is 0 Å². The lowest BCUT2D eigenvalue weighted by molar-refractivity contribution is -0.141. The summed E-state index contributed by atoms with van der Waals surface area (Å²) in [4.78, 5) is 15.3. The van der Waals surface area contributed by atoms with E-state index in [-0.39, 0.29) is 12.0 Å². The number of hydrogen-bond acceptors (Lipinski definition) is 4. The van der Waals surface area contributed by atoms with Crippen LogP contribution in [0.5, 0.6) is 0 Å². The number of carbonyl (C=O) groups is 1. The zero-order valence-corrected chi connectivity index (χ0v) is 8.57. The fourth-order valence-corrected chi connectivity index (χ4v) is 1.08. The summed E-state index contributed by atoms with van der Waals surface area (Å²) in [5.41, 5.74) is 0.909. The molecule has 1 rings (SSSR count). The van der Waals surface area contributed by atoms with E-state index in [0.717, 1.165) is 5.69 Å². The van der Waals surface area contributed by atoms with Crippen LogP contribution in [0.1, 0.15) is 12.6 Å². The highest BCUT2D eigenvalue weighted by molar-refractivity contribution is 5.78. The summed E-state index contributed by atoms with van der Waals surface area (Å²) in [6.45, 7) is 3.63. The smallest absolute Gasteiger partial charge is 0.328 e. The van der Waals surface area contributed by atoms with Gasteiger partial charge >= 0.3 is 5.97 Å². The van der Waals surface area contributed by atoms with Crippen molar-refractivity contribution in [2.24, 2.45) is 0 Å². The van der Waals surface area contributed by atoms with E-state index >= 15 is 0 Å². The van der Waals surface area contributed by atoms with Crippen molar-refractivity contribution in [3.05, 3.63) is 23.9 Å². The highest BCUT2D eigenvalue weighted by Gasteiger charge is 2.12. The molecule has 0 amide bonds. The number of pyridine rings is 1. The molecule has 1 heterocycles. The van der Waals surface area contributed by atoms with Crippen molar-refractivity contribution in [1.29, 1.82) is 0 Å². The van der Waals surface area contributed by atoms with Crippen LogP contribution in [-0.4, -0.2) is 24.1 Å². The van der Waals surface area contributed by atoms with Crippen molar-refractivity contribution in [2.75, 3.05) is 12.4 Å². The van der Waals surface area contributed by atoms with E-state index in [1.165, 1.54) is 7.11 Å². The van der Waals surface area contributed by atoms with E-state index in [1.54, 1.807) is 6.92 Å². The van der Waals surface area contributed by atoms with E-state index in [0.29, 0.717) is 5.82 Å². The second kappa shape index (κ2) is 4.60. The van der Waals surface area contributed by atoms with Crippen LogP contribution < -0.4 is 5.32 Å². The molecule has 1 atom stereocenters. The van der Waals surface area contributed by atoms with Gasteiger partial charge in [-0.15, -0.1) is 0 Å². The molecule has 0 aliphatic rings. The molecular formula is C10H14N2O2. The Hall–Kier alpha value is -1.58. The van der Waals surface area contributed by atoms with Gasteiger partial charge < -0.3 is 10.1 Å². The molecule has 4 heteroatoms. The van der Waals surface area contributed by atoms with Crippen LogP contribution in [0.3, 0.4) is 0 Å². The van der Waals surface area contributed by atoms with Gasteiger partial charge in [0.05, 0.1) is 7.11 Å². The fraction of sp³-hybridized carbons (Fsp3) is 0.400. The number of esters is 1. The number of nitrogens with one attached hydrogen (secondary N) is 1. The molecule has 0 spiro atoms. The van der Waals surface area contributed by atoms with Crippen LogP contribution in [-0.2, 0) is 9.53 Å². The van der Waals surface area contributed by atoms with E-state index in [2.05, 4.69) is 15.0 Å². The number of anilines is 1. The van der Waals surface area contributed by atoms with Gasteiger partial charge in [0.2, 0.25) is 0 Å². The minimum absolute atomic E-state index is 0.298. The maximum Gasteiger partial charge on any atom is 0.328 e. The van der Waals surface area contributed by atoms with Crippen LogP contribution in [0.4, 0.5) is 5.82 Å². The number of hydrogen-bond donors (Lipinski definition) is 1. The summed E-state index contributed by atoms with van der Waals surface area (Å²) in [5.74, 6) is 0.385. The zero-order valence-electron chi connectivity index (χ0n) is 8.57. The molecule has 0 saturated carbocycles. The molecular weight excluding hydrogens is 180 g/mol. The standard InChI is InChI=1S/C10H14N2O2/c1-7-5-4-6-9(11-7)12-8(2)10(13)14-3/h4-6,8H,1-3H3,(H,11,12). The molecule has 0 fully saturated rings. The molecule has 0 aliphatic heterocycles. The van der Waals surface area contributed by atoms with Crippen molar-refractivity contribution in [1.82, 2.24) is 4.98 Å². The Kier molecular flexibility index (Phi) is 3.45. The predicted molar refractivity (Wildman–Crippen MR) is 54.1 cm³/mol. The number of ether oxygens (including phenoxy) is 1. The SMILES string of the molecule is COC(=O)C(C)Nc1cccc(C)n1. The Bertz CT molecular complexity index is 326. The van der Waals surface area contributed by atoms with Gasteiger partial charge in [-0.1, -0.05) is 6.07 Å². The molecule has 0 bridgehead atoms. The van der Waals surface area contributed by atoms with Gasteiger partial charge in [0.15, 0.2) is 0 Å². The maximum atomic E-state index is 11.1. The molecule has 0 aliphatic carbocycles. The Morgan fingerprint density at radius 3 is 2.86 bits per heavy atom. The highest BCUT2D eigenvalue weighted by Crippen LogP contribution is 2.05. The summed E-state index contributed by atoms with van der Waals surface area (Å²) < 4.78 is 4.59. The average molecular weight is 194 g/mol.